The van der Waals surface area contributed by atoms with E-state index >= 15 is 0 Å². The molecule has 2 aromatic heterocycles. The quantitative estimate of drug-likeness (QED) is 0.382. The summed E-state index contributed by atoms with van der Waals surface area (Å²) in [6.45, 7) is 1.25. The van der Waals surface area contributed by atoms with Gasteiger partial charge in [-0.05, 0) is 23.8 Å². The molecule has 5 nitrogen and oxygen atoms in total. The average molecular weight is 433 g/mol. The third-order valence-electron chi connectivity index (χ3n) is 4.42. The summed E-state index contributed by atoms with van der Waals surface area (Å²) in [4.78, 5) is 3.30. The van der Waals surface area contributed by atoms with Crippen molar-refractivity contribution in [2.24, 2.45) is 0 Å². The molecule has 2 aromatic carbocycles. The first-order valence-electron chi connectivity index (χ1n) is 8.72. The van der Waals surface area contributed by atoms with Gasteiger partial charge in [-0.3, -0.25) is 4.57 Å². The molecule has 1 N–H and O–H groups in total. The van der Waals surface area contributed by atoms with Crippen LogP contribution in [0.15, 0.2) is 53.8 Å². The number of para-hydroxylation sites is 1. The number of nitrogens with one attached hydrogen (secondary N) is 1. The van der Waals surface area contributed by atoms with E-state index in [2.05, 4.69) is 31.9 Å². The molecular weight excluding hydrogens is 415 g/mol. The third kappa shape index (κ3) is 3.91. The van der Waals surface area contributed by atoms with Crippen molar-refractivity contribution in [3.05, 3.63) is 64.3 Å². The lowest BCUT2D eigenvalue weighted by Crippen LogP contribution is -2.07. The first-order valence-corrected chi connectivity index (χ1v) is 10.5. The average Bonchev–Trinajstić information content (AvgIpc) is 3.30. The maximum atomic E-state index is 6.13. The van der Waals surface area contributed by atoms with Crippen molar-refractivity contribution in [1.29, 1.82) is 0 Å². The minimum atomic E-state index is 0.556. The topological polar surface area (TPSA) is 55.7 Å². The highest BCUT2D eigenvalue weighted by Gasteiger charge is 2.17. The summed E-state index contributed by atoms with van der Waals surface area (Å²) < 4.78 is 7.39. The molecule has 28 heavy (non-hydrogen) atoms. The van der Waals surface area contributed by atoms with Gasteiger partial charge in [0.05, 0.1) is 23.2 Å². The van der Waals surface area contributed by atoms with Gasteiger partial charge in [0.25, 0.3) is 0 Å². The predicted molar refractivity (Wildman–Crippen MR) is 115 cm³/mol. The maximum absolute atomic E-state index is 6.13. The summed E-state index contributed by atoms with van der Waals surface area (Å²) in [6, 6.07) is 13.8. The number of ether oxygens (including phenoxy) is 1. The number of benzene rings is 2. The molecule has 4 rings (SSSR count). The lowest BCUT2D eigenvalue weighted by Gasteiger charge is -2.09. The smallest absolute Gasteiger partial charge is 0.191 e. The second-order valence-electron chi connectivity index (χ2n) is 6.24. The van der Waals surface area contributed by atoms with Gasteiger partial charge in [0.2, 0.25) is 0 Å². The van der Waals surface area contributed by atoms with Gasteiger partial charge in [0, 0.05) is 35.5 Å². The maximum Gasteiger partial charge on any atom is 0.191 e. The fourth-order valence-electron chi connectivity index (χ4n) is 3.01. The van der Waals surface area contributed by atoms with Gasteiger partial charge >= 0.3 is 0 Å². The van der Waals surface area contributed by atoms with Gasteiger partial charge in [-0.2, -0.15) is 0 Å². The molecule has 0 saturated heterocycles. The van der Waals surface area contributed by atoms with Gasteiger partial charge in [-0.15, -0.1) is 10.2 Å². The highest BCUT2D eigenvalue weighted by atomic mass is 35.5. The molecule has 8 heteroatoms. The number of hydrogen-bond acceptors (Lipinski definition) is 4. The number of hydrogen-bond donors (Lipinski definition) is 1. The number of methoxy groups -OCH3 is 1. The van der Waals surface area contributed by atoms with Crippen LogP contribution in [0.4, 0.5) is 0 Å². The number of rotatable bonds is 7. The Balaban J connectivity index is 1.65. The van der Waals surface area contributed by atoms with Crippen LogP contribution in [-0.4, -0.2) is 33.5 Å². The first kappa shape index (κ1) is 19.3. The van der Waals surface area contributed by atoms with Crippen LogP contribution in [0.1, 0.15) is 5.56 Å². The van der Waals surface area contributed by atoms with Gasteiger partial charge < -0.3 is 9.72 Å². The first-order chi connectivity index (χ1) is 13.7. The molecule has 2 heterocycles. The van der Waals surface area contributed by atoms with E-state index < -0.39 is 0 Å². The highest BCUT2D eigenvalue weighted by molar-refractivity contribution is 7.98. The molecule has 0 amide bonds. The third-order valence-corrected chi connectivity index (χ3v) is 6.19. The highest BCUT2D eigenvalue weighted by Crippen LogP contribution is 2.32. The standard InChI is InChI=1S/C20H18Cl2N4OS/c1-27-9-8-26-19(15-11-23-18-5-3-2-4-14(15)18)24-25-20(26)28-12-13-6-7-16(21)17(22)10-13/h2-7,10-11,23H,8-9,12H2,1H3. The SMILES string of the molecule is COCCn1c(SCc2ccc(Cl)c(Cl)c2)nnc1-c1c[nH]c2ccccc12. The van der Waals surface area contributed by atoms with Gasteiger partial charge in [-0.1, -0.05) is 59.2 Å². The van der Waals surface area contributed by atoms with Crippen molar-refractivity contribution in [2.45, 2.75) is 17.5 Å². The molecule has 0 saturated carbocycles. The molecule has 0 unspecified atom stereocenters. The lowest BCUT2D eigenvalue weighted by atomic mass is 10.1. The van der Waals surface area contributed by atoms with Gasteiger partial charge in [0.15, 0.2) is 11.0 Å². The molecule has 0 radical (unpaired) electrons. The van der Waals surface area contributed by atoms with E-state index in [0.29, 0.717) is 23.2 Å². The molecule has 0 aliphatic carbocycles. The summed E-state index contributed by atoms with van der Waals surface area (Å²) in [5.74, 6) is 1.54. The van der Waals surface area contributed by atoms with Crippen LogP contribution in [-0.2, 0) is 17.0 Å². The summed E-state index contributed by atoms with van der Waals surface area (Å²) in [6.07, 6.45) is 1.98. The van der Waals surface area contributed by atoms with Crippen LogP contribution >= 0.6 is 35.0 Å². The second kappa shape index (κ2) is 8.57. The Labute approximate surface area is 177 Å². The molecule has 0 spiro atoms. The number of aromatic nitrogens is 4. The Hall–Kier alpha value is -1.99. The number of fused-ring (bicyclic) bond motifs is 1. The van der Waals surface area contributed by atoms with Crippen LogP contribution in [0, 0.1) is 0 Å². The Morgan fingerprint density at radius 3 is 2.79 bits per heavy atom. The van der Waals surface area contributed by atoms with Crippen molar-refractivity contribution < 1.29 is 4.74 Å². The van der Waals surface area contributed by atoms with E-state index in [-0.39, 0.29) is 0 Å². The fraction of sp³-hybridized carbons (Fsp3) is 0.200. The summed E-state index contributed by atoms with van der Waals surface area (Å²) in [7, 11) is 1.69. The monoisotopic (exact) mass is 432 g/mol. The lowest BCUT2D eigenvalue weighted by molar-refractivity contribution is 0.185. The molecule has 0 aliphatic rings. The van der Waals surface area contributed by atoms with E-state index in [1.165, 1.54) is 0 Å². The molecule has 0 fully saturated rings. The number of H-pyrrole nitrogens is 1. The predicted octanol–water partition coefficient (Wildman–Crippen LogP) is 5.67. The van der Waals surface area contributed by atoms with Crippen LogP contribution < -0.4 is 0 Å². The molecule has 4 aromatic rings. The van der Waals surface area contributed by atoms with Crippen molar-refractivity contribution >= 4 is 45.9 Å². The normalized spacial score (nSPS) is 11.4. The van der Waals surface area contributed by atoms with Crippen molar-refractivity contribution in [3.63, 3.8) is 0 Å². The Bertz CT molecular complexity index is 1110. The molecule has 0 atom stereocenters. The zero-order chi connectivity index (χ0) is 19.5. The molecular formula is C20H18Cl2N4OS. The zero-order valence-corrected chi connectivity index (χ0v) is 17.5. The number of thioether (sulfide) groups is 1. The number of halogens is 2. The van der Waals surface area contributed by atoms with E-state index in [4.69, 9.17) is 27.9 Å². The van der Waals surface area contributed by atoms with Crippen LogP contribution in [0.25, 0.3) is 22.3 Å². The number of aromatic amines is 1. The summed E-state index contributed by atoms with van der Waals surface area (Å²) in [5.41, 5.74) is 3.18. The van der Waals surface area contributed by atoms with Gasteiger partial charge in [0.1, 0.15) is 0 Å². The van der Waals surface area contributed by atoms with E-state index in [1.807, 2.05) is 36.5 Å². The van der Waals surface area contributed by atoms with Crippen molar-refractivity contribution in [1.82, 2.24) is 19.7 Å². The Morgan fingerprint density at radius 1 is 1.11 bits per heavy atom. The molecule has 0 bridgehead atoms. The minimum Gasteiger partial charge on any atom is -0.383 e. The van der Waals surface area contributed by atoms with E-state index in [9.17, 15) is 0 Å². The van der Waals surface area contributed by atoms with Crippen molar-refractivity contribution in [3.8, 4) is 11.4 Å². The van der Waals surface area contributed by atoms with Crippen LogP contribution in [0.5, 0.6) is 0 Å². The number of nitrogens with zero attached hydrogens (tertiary/aromatic N) is 3. The minimum absolute atomic E-state index is 0.556. The van der Waals surface area contributed by atoms with E-state index in [1.54, 1.807) is 18.9 Å². The molecule has 0 aliphatic heterocycles. The molecule has 144 valence electrons. The zero-order valence-electron chi connectivity index (χ0n) is 15.2. The summed E-state index contributed by atoms with van der Waals surface area (Å²) in [5, 5.41) is 12.0. The van der Waals surface area contributed by atoms with Crippen LogP contribution in [0.2, 0.25) is 10.0 Å². The Morgan fingerprint density at radius 2 is 1.96 bits per heavy atom. The fourth-order valence-corrected chi connectivity index (χ4v) is 4.24. The van der Waals surface area contributed by atoms with Gasteiger partial charge in [-0.25, -0.2) is 0 Å². The second-order valence-corrected chi connectivity index (χ2v) is 7.99. The Kier molecular flexibility index (Phi) is 5.92. The summed E-state index contributed by atoms with van der Waals surface area (Å²) >= 11 is 13.7. The van der Waals surface area contributed by atoms with Crippen molar-refractivity contribution in [2.75, 3.05) is 13.7 Å². The van der Waals surface area contributed by atoms with E-state index in [0.717, 1.165) is 38.8 Å². The largest absolute Gasteiger partial charge is 0.383 e. The van der Waals surface area contributed by atoms with Crippen LogP contribution in [0.3, 0.4) is 0 Å².